The van der Waals surface area contributed by atoms with Crippen molar-refractivity contribution in [2.24, 2.45) is 0 Å². The first-order valence-electron chi connectivity index (χ1n) is 5.90. The molecule has 90 valence electrons. The fraction of sp³-hybridized carbons (Fsp3) is 0.538. The van der Waals surface area contributed by atoms with E-state index in [1.807, 2.05) is 0 Å². The highest BCUT2D eigenvalue weighted by Gasteiger charge is 1.96. The molecule has 0 aliphatic rings. The van der Waals surface area contributed by atoms with E-state index in [4.69, 9.17) is 0 Å². The SMILES string of the molecule is CCCNCCNCc1ccc(Br)c(C)c1. The Morgan fingerprint density at radius 3 is 2.56 bits per heavy atom. The number of hydrogen-bond acceptors (Lipinski definition) is 2. The molecule has 0 bridgehead atoms. The van der Waals surface area contributed by atoms with E-state index in [9.17, 15) is 0 Å². The van der Waals surface area contributed by atoms with Gasteiger partial charge in [0.25, 0.3) is 0 Å². The van der Waals surface area contributed by atoms with E-state index in [1.165, 1.54) is 22.0 Å². The summed E-state index contributed by atoms with van der Waals surface area (Å²) in [6.45, 7) is 8.43. The zero-order chi connectivity index (χ0) is 11.8. The van der Waals surface area contributed by atoms with Gasteiger partial charge >= 0.3 is 0 Å². The van der Waals surface area contributed by atoms with Crippen LogP contribution in [0.1, 0.15) is 24.5 Å². The van der Waals surface area contributed by atoms with Crippen LogP contribution in [0.4, 0.5) is 0 Å². The van der Waals surface area contributed by atoms with E-state index in [1.54, 1.807) is 0 Å². The van der Waals surface area contributed by atoms with Gasteiger partial charge in [-0.05, 0) is 37.1 Å². The zero-order valence-corrected chi connectivity index (χ0v) is 11.7. The summed E-state index contributed by atoms with van der Waals surface area (Å²) in [5, 5.41) is 6.80. The third kappa shape index (κ3) is 5.10. The van der Waals surface area contributed by atoms with E-state index in [2.05, 4.69) is 58.6 Å². The van der Waals surface area contributed by atoms with Crippen LogP contribution in [0.2, 0.25) is 0 Å². The summed E-state index contributed by atoms with van der Waals surface area (Å²) in [5.74, 6) is 0. The Morgan fingerprint density at radius 1 is 1.12 bits per heavy atom. The summed E-state index contributed by atoms with van der Waals surface area (Å²) < 4.78 is 1.18. The molecule has 0 saturated heterocycles. The Balaban J connectivity index is 2.19. The van der Waals surface area contributed by atoms with Gasteiger partial charge < -0.3 is 10.6 Å². The molecule has 2 N–H and O–H groups in total. The molecule has 0 amide bonds. The van der Waals surface area contributed by atoms with Gasteiger partial charge in [0.2, 0.25) is 0 Å². The maximum Gasteiger partial charge on any atom is 0.0206 e. The Labute approximate surface area is 107 Å². The molecule has 0 unspecified atom stereocenters. The molecule has 0 spiro atoms. The van der Waals surface area contributed by atoms with Gasteiger partial charge in [0.05, 0.1) is 0 Å². The van der Waals surface area contributed by atoms with E-state index in [0.717, 1.165) is 26.2 Å². The van der Waals surface area contributed by atoms with E-state index >= 15 is 0 Å². The molecule has 0 atom stereocenters. The number of halogens is 1. The molecule has 1 rings (SSSR count). The van der Waals surface area contributed by atoms with Crippen LogP contribution < -0.4 is 10.6 Å². The molecule has 1 aromatic carbocycles. The van der Waals surface area contributed by atoms with Crippen molar-refractivity contribution < 1.29 is 0 Å². The molecule has 0 heterocycles. The van der Waals surface area contributed by atoms with Crippen molar-refractivity contribution in [2.45, 2.75) is 26.8 Å². The van der Waals surface area contributed by atoms with Crippen LogP contribution in [0, 0.1) is 6.92 Å². The summed E-state index contributed by atoms with van der Waals surface area (Å²) in [6, 6.07) is 6.49. The molecule has 0 radical (unpaired) electrons. The number of nitrogens with one attached hydrogen (secondary N) is 2. The minimum atomic E-state index is 0.946. The second-order valence-corrected chi connectivity index (χ2v) is 4.86. The van der Waals surface area contributed by atoms with Crippen LogP contribution in [-0.4, -0.2) is 19.6 Å². The van der Waals surface area contributed by atoms with Gasteiger partial charge in [0.15, 0.2) is 0 Å². The van der Waals surface area contributed by atoms with E-state index in [-0.39, 0.29) is 0 Å². The Hall–Kier alpha value is -0.380. The lowest BCUT2D eigenvalue weighted by molar-refractivity contribution is 0.606. The van der Waals surface area contributed by atoms with Crippen molar-refractivity contribution in [3.63, 3.8) is 0 Å². The second kappa shape index (κ2) is 7.82. The fourth-order valence-electron chi connectivity index (χ4n) is 1.53. The van der Waals surface area contributed by atoms with E-state index < -0.39 is 0 Å². The Morgan fingerprint density at radius 2 is 1.88 bits per heavy atom. The van der Waals surface area contributed by atoms with Gasteiger partial charge in [-0.25, -0.2) is 0 Å². The summed E-state index contributed by atoms with van der Waals surface area (Å²) >= 11 is 3.51. The van der Waals surface area contributed by atoms with Gasteiger partial charge in [-0.3, -0.25) is 0 Å². The van der Waals surface area contributed by atoms with E-state index in [0.29, 0.717) is 0 Å². The molecular formula is C13H21BrN2. The molecule has 2 nitrogen and oxygen atoms in total. The summed E-state index contributed by atoms with van der Waals surface area (Å²) in [7, 11) is 0. The van der Waals surface area contributed by atoms with Crippen LogP contribution >= 0.6 is 15.9 Å². The van der Waals surface area contributed by atoms with Crippen LogP contribution in [0.25, 0.3) is 0 Å². The number of hydrogen-bond donors (Lipinski definition) is 2. The van der Waals surface area contributed by atoms with Crippen molar-refractivity contribution in [3.05, 3.63) is 33.8 Å². The molecular weight excluding hydrogens is 264 g/mol. The van der Waals surface area contributed by atoms with Crippen molar-refractivity contribution in [1.82, 2.24) is 10.6 Å². The predicted octanol–water partition coefficient (Wildman–Crippen LogP) is 2.85. The predicted molar refractivity (Wildman–Crippen MR) is 73.7 cm³/mol. The molecule has 0 saturated carbocycles. The van der Waals surface area contributed by atoms with Gasteiger partial charge in [-0.1, -0.05) is 35.0 Å². The van der Waals surface area contributed by atoms with Gasteiger partial charge in [0.1, 0.15) is 0 Å². The average Bonchev–Trinajstić information content (AvgIpc) is 2.28. The lowest BCUT2D eigenvalue weighted by Gasteiger charge is -2.07. The number of aryl methyl sites for hydroxylation is 1. The molecule has 0 aliphatic heterocycles. The highest BCUT2D eigenvalue weighted by atomic mass is 79.9. The summed E-state index contributed by atoms with van der Waals surface area (Å²) in [6.07, 6.45) is 1.20. The monoisotopic (exact) mass is 284 g/mol. The quantitative estimate of drug-likeness (QED) is 0.753. The van der Waals surface area contributed by atoms with Crippen molar-refractivity contribution in [2.75, 3.05) is 19.6 Å². The third-order valence-corrected chi connectivity index (χ3v) is 3.35. The maximum atomic E-state index is 3.51. The smallest absolute Gasteiger partial charge is 0.0206 e. The van der Waals surface area contributed by atoms with Crippen LogP contribution in [-0.2, 0) is 6.54 Å². The second-order valence-electron chi connectivity index (χ2n) is 4.01. The standard InChI is InChI=1S/C13H21BrN2/c1-3-6-15-7-8-16-10-12-4-5-13(14)11(2)9-12/h4-5,9,15-16H,3,6-8,10H2,1-2H3. The maximum absolute atomic E-state index is 3.51. The first-order chi connectivity index (χ1) is 7.74. The average molecular weight is 285 g/mol. The van der Waals surface area contributed by atoms with Crippen molar-refractivity contribution in [3.8, 4) is 0 Å². The topological polar surface area (TPSA) is 24.1 Å². The van der Waals surface area contributed by atoms with Crippen molar-refractivity contribution >= 4 is 15.9 Å². The Bertz CT molecular complexity index is 313. The first kappa shape index (κ1) is 13.7. The van der Waals surface area contributed by atoms with Crippen LogP contribution in [0.3, 0.4) is 0 Å². The number of rotatable bonds is 7. The van der Waals surface area contributed by atoms with Crippen molar-refractivity contribution in [1.29, 1.82) is 0 Å². The molecule has 0 fully saturated rings. The largest absolute Gasteiger partial charge is 0.315 e. The lowest BCUT2D eigenvalue weighted by atomic mass is 10.1. The minimum Gasteiger partial charge on any atom is -0.315 e. The van der Waals surface area contributed by atoms with Gasteiger partial charge in [0, 0.05) is 24.1 Å². The van der Waals surface area contributed by atoms with Crippen LogP contribution in [0.5, 0.6) is 0 Å². The normalized spacial score (nSPS) is 10.7. The third-order valence-electron chi connectivity index (χ3n) is 2.46. The zero-order valence-electron chi connectivity index (χ0n) is 10.1. The lowest BCUT2D eigenvalue weighted by Crippen LogP contribution is -2.27. The minimum absolute atomic E-state index is 0.946. The molecule has 16 heavy (non-hydrogen) atoms. The van der Waals surface area contributed by atoms with Gasteiger partial charge in [-0.2, -0.15) is 0 Å². The molecule has 0 aromatic heterocycles. The highest BCUT2D eigenvalue weighted by molar-refractivity contribution is 9.10. The fourth-order valence-corrected chi connectivity index (χ4v) is 1.77. The van der Waals surface area contributed by atoms with Crippen LogP contribution in [0.15, 0.2) is 22.7 Å². The summed E-state index contributed by atoms with van der Waals surface area (Å²) in [4.78, 5) is 0. The number of benzene rings is 1. The molecule has 3 heteroatoms. The molecule has 0 aliphatic carbocycles. The van der Waals surface area contributed by atoms with Gasteiger partial charge in [-0.15, -0.1) is 0 Å². The molecule has 1 aromatic rings. The highest BCUT2D eigenvalue weighted by Crippen LogP contribution is 2.16. The Kier molecular flexibility index (Phi) is 6.69. The summed E-state index contributed by atoms with van der Waals surface area (Å²) in [5.41, 5.74) is 2.64. The first-order valence-corrected chi connectivity index (χ1v) is 6.69.